The fourth-order valence-electron chi connectivity index (χ4n) is 4.60. The molecule has 8 nitrogen and oxygen atoms in total. The van der Waals surface area contributed by atoms with E-state index in [4.69, 9.17) is 19.1 Å². The molecule has 1 aliphatic carbocycles. The van der Waals surface area contributed by atoms with E-state index in [0.717, 1.165) is 48.2 Å². The molecule has 1 saturated heterocycles. The van der Waals surface area contributed by atoms with Crippen molar-refractivity contribution in [3.05, 3.63) is 52.1 Å². The standard InChI is InChI=1S/C22H27BrN2O4.C2HF3O2/c1-14-11-24-21(29-14)16-4-8-18(9-5-16)25-12-20(22(26)27)28-13-19(25)10-15-2-6-17(23)7-3-15;3-2(4,5)1(6)7/h2-3,6-7,11,16,18-20H,4-5,8-10,12-13H2,1H3,(H,26,27);(H,6,7)/t16?,18?,19-,20+;/m0./s1. The number of hydrogen-bond acceptors (Lipinski definition) is 6. The van der Waals surface area contributed by atoms with Gasteiger partial charge in [-0.1, -0.05) is 28.1 Å². The van der Waals surface area contributed by atoms with Crippen molar-refractivity contribution in [3.63, 3.8) is 0 Å². The minimum absolute atomic E-state index is 0.192. The molecule has 1 aromatic carbocycles. The lowest BCUT2D eigenvalue weighted by molar-refractivity contribution is -0.192. The van der Waals surface area contributed by atoms with Crippen LogP contribution in [-0.4, -0.2) is 69.6 Å². The average molecular weight is 577 g/mol. The fraction of sp³-hybridized carbons (Fsp3) is 0.542. The Morgan fingerprint density at radius 2 is 1.75 bits per heavy atom. The SMILES string of the molecule is Cc1cnc(C2CCC(N3C[C@H](C(=O)O)OC[C@@H]3Cc3ccc(Br)cc3)CC2)o1.O=C(O)C(F)(F)F. The van der Waals surface area contributed by atoms with Crippen molar-refractivity contribution in [2.45, 2.75) is 69.3 Å². The molecule has 2 aromatic rings. The molecular weight excluding hydrogens is 549 g/mol. The molecule has 2 heterocycles. The van der Waals surface area contributed by atoms with Crippen LogP contribution in [0.25, 0.3) is 0 Å². The van der Waals surface area contributed by atoms with Crippen molar-refractivity contribution in [3.8, 4) is 0 Å². The number of halogens is 4. The number of aryl methyl sites for hydroxylation is 1. The second-order valence-corrected chi connectivity index (χ2v) is 9.87. The maximum atomic E-state index is 11.5. The Morgan fingerprint density at radius 3 is 2.25 bits per heavy atom. The van der Waals surface area contributed by atoms with E-state index >= 15 is 0 Å². The van der Waals surface area contributed by atoms with Crippen LogP contribution >= 0.6 is 15.9 Å². The van der Waals surface area contributed by atoms with Crippen LogP contribution in [0, 0.1) is 6.92 Å². The summed E-state index contributed by atoms with van der Waals surface area (Å²) >= 11 is 3.48. The maximum absolute atomic E-state index is 11.5. The number of morpholine rings is 1. The summed E-state index contributed by atoms with van der Waals surface area (Å²) in [6.07, 6.45) is 0.899. The molecule has 2 aliphatic rings. The Hall–Kier alpha value is -2.44. The lowest BCUT2D eigenvalue weighted by Gasteiger charge is -2.45. The van der Waals surface area contributed by atoms with Crippen LogP contribution < -0.4 is 0 Å². The van der Waals surface area contributed by atoms with E-state index in [1.165, 1.54) is 5.56 Å². The molecule has 0 spiro atoms. The average Bonchev–Trinajstić information content (AvgIpc) is 3.27. The van der Waals surface area contributed by atoms with E-state index in [2.05, 4.69) is 37.9 Å². The third-order valence-corrected chi connectivity index (χ3v) is 6.92. The van der Waals surface area contributed by atoms with E-state index in [9.17, 15) is 23.1 Å². The lowest BCUT2D eigenvalue weighted by Crippen LogP contribution is -2.57. The number of aliphatic carboxylic acids is 2. The van der Waals surface area contributed by atoms with Crippen LogP contribution in [0.2, 0.25) is 0 Å². The number of alkyl halides is 3. The van der Waals surface area contributed by atoms with Crippen molar-refractivity contribution in [2.24, 2.45) is 0 Å². The predicted molar refractivity (Wildman–Crippen MR) is 126 cm³/mol. The molecule has 0 amide bonds. The molecule has 0 radical (unpaired) electrons. The number of ether oxygens (including phenoxy) is 1. The van der Waals surface area contributed by atoms with Gasteiger partial charge < -0.3 is 19.4 Å². The molecule has 4 rings (SSSR count). The fourth-order valence-corrected chi connectivity index (χ4v) is 4.86. The van der Waals surface area contributed by atoms with Crippen molar-refractivity contribution < 1.29 is 42.1 Å². The third-order valence-electron chi connectivity index (χ3n) is 6.39. The molecule has 36 heavy (non-hydrogen) atoms. The summed E-state index contributed by atoms with van der Waals surface area (Å²) in [5.41, 5.74) is 1.24. The highest BCUT2D eigenvalue weighted by molar-refractivity contribution is 9.10. The van der Waals surface area contributed by atoms with Crippen molar-refractivity contribution in [1.29, 1.82) is 0 Å². The smallest absolute Gasteiger partial charge is 0.479 e. The van der Waals surface area contributed by atoms with Gasteiger partial charge >= 0.3 is 18.1 Å². The summed E-state index contributed by atoms with van der Waals surface area (Å²) in [5.74, 6) is -1.57. The first-order valence-corrected chi connectivity index (χ1v) is 12.3. The number of aromatic nitrogens is 1. The number of oxazole rings is 1. The molecule has 2 atom stereocenters. The minimum Gasteiger partial charge on any atom is -0.479 e. The summed E-state index contributed by atoms with van der Waals surface area (Å²) in [6, 6.07) is 8.89. The summed E-state index contributed by atoms with van der Waals surface area (Å²) < 4.78 is 44.2. The Labute approximate surface area is 214 Å². The maximum Gasteiger partial charge on any atom is 0.490 e. The number of nitrogens with zero attached hydrogens (tertiary/aromatic N) is 2. The Balaban J connectivity index is 0.000000454. The van der Waals surface area contributed by atoms with Gasteiger partial charge in [-0.05, 0) is 56.7 Å². The van der Waals surface area contributed by atoms with Crippen LogP contribution in [0.1, 0.15) is 48.8 Å². The Kier molecular flexibility index (Phi) is 9.53. The van der Waals surface area contributed by atoms with Crippen LogP contribution in [0.15, 0.2) is 39.4 Å². The number of benzene rings is 1. The van der Waals surface area contributed by atoms with Gasteiger partial charge in [0.2, 0.25) is 0 Å². The second-order valence-electron chi connectivity index (χ2n) is 8.96. The van der Waals surface area contributed by atoms with Gasteiger partial charge in [-0.3, -0.25) is 4.90 Å². The summed E-state index contributed by atoms with van der Waals surface area (Å²) in [5, 5.41) is 16.6. The van der Waals surface area contributed by atoms with Crippen LogP contribution in [0.3, 0.4) is 0 Å². The van der Waals surface area contributed by atoms with Crippen LogP contribution in [-0.2, 0) is 20.7 Å². The van der Waals surface area contributed by atoms with Crippen molar-refractivity contribution in [1.82, 2.24) is 9.88 Å². The molecule has 2 fully saturated rings. The van der Waals surface area contributed by atoms with Crippen molar-refractivity contribution >= 4 is 27.9 Å². The zero-order chi connectivity index (χ0) is 26.5. The lowest BCUT2D eigenvalue weighted by atomic mass is 9.84. The third kappa shape index (κ3) is 7.78. The van der Waals surface area contributed by atoms with E-state index in [1.807, 2.05) is 19.1 Å². The number of carbonyl (C=O) groups is 2. The largest absolute Gasteiger partial charge is 0.490 e. The highest BCUT2D eigenvalue weighted by atomic mass is 79.9. The molecule has 0 bridgehead atoms. The van der Waals surface area contributed by atoms with Crippen molar-refractivity contribution in [2.75, 3.05) is 13.2 Å². The number of rotatable bonds is 5. The molecule has 1 aliphatic heterocycles. The van der Waals surface area contributed by atoms with Gasteiger partial charge in [-0.15, -0.1) is 0 Å². The van der Waals surface area contributed by atoms with Gasteiger partial charge in [-0.2, -0.15) is 13.2 Å². The van der Waals surface area contributed by atoms with Gasteiger partial charge in [0.25, 0.3) is 0 Å². The minimum atomic E-state index is -5.08. The highest BCUT2D eigenvalue weighted by Gasteiger charge is 2.39. The number of carboxylic acid groups (broad SMARTS) is 2. The quantitative estimate of drug-likeness (QED) is 0.521. The zero-order valence-corrected chi connectivity index (χ0v) is 21.2. The summed E-state index contributed by atoms with van der Waals surface area (Å²) in [7, 11) is 0. The first-order valence-electron chi connectivity index (χ1n) is 11.5. The summed E-state index contributed by atoms with van der Waals surface area (Å²) in [6.45, 7) is 2.82. The molecular formula is C24H28BrF3N2O6. The second kappa shape index (κ2) is 12.2. The van der Waals surface area contributed by atoms with Gasteiger partial charge in [0.15, 0.2) is 12.0 Å². The Morgan fingerprint density at radius 1 is 1.14 bits per heavy atom. The zero-order valence-electron chi connectivity index (χ0n) is 19.6. The summed E-state index contributed by atoms with van der Waals surface area (Å²) in [4.78, 5) is 27.2. The van der Waals surface area contributed by atoms with Gasteiger partial charge in [-0.25, -0.2) is 14.6 Å². The number of hydrogen-bond donors (Lipinski definition) is 2. The molecule has 0 unspecified atom stereocenters. The molecule has 1 saturated carbocycles. The van der Waals surface area contributed by atoms with Gasteiger partial charge in [0.05, 0.1) is 12.8 Å². The Bertz CT molecular complexity index is 1020. The molecule has 198 valence electrons. The normalized spacial score (nSPS) is 25.0. The molecule has 12 heteroatoms. The van der Waals surface area contributed by atoms with Crippen LogP contribution in [0.4, 0.5) is 13.2 Å². The van der Waals surface area contributed by atoms with E-state index in [-0.39, 0.29) is 6.04 Å². The number of carboxylic acids is 2. The van der Waals surface area contributed by atoms with Gasteiger partial charge in [0.1, 0.15) is 5.76 Å². The van der Waals surface area contributed by atoms with Gasteiger partial charge in [0, 0.05) is 29.0 Å². The molecule has 2 N–H and O–H groups in total. The first kappa shape index (κ1) is 28.1. The van der Waals surface area contributed by atoms with E-state index in [1.54, 1.807) is 6.20 Å². The van der Waals surface area contributed by atoms with Crippen LogP contribution in [0.5, 0.6) is 0 Å². The predicted octanol–water partition coefficient (Wildman–Crippen LogP) is 4.80. The first-order chi connectivity index (χ1) is 16.9. The highest BCUT2D eigenvalue weighted by Crippen LogP contribution is 2.36. The monoisotopic (exact) mass is 576 g/mol. The van der Waals surface area contributed by atoms with E-state index in [0.29, 0.717) is 25.1 Å². The molecule has 1 aromatic heterocycles. The topological polar surface area (TPSA) is 113 Å². The van der Waals surface area contributed by atoms with E-state index < -0.39 is 24.2 Å².